The monoisotopic (exact) mass is 567 g/mol. The van der Waals surface area contributed by atoms with Crippen LogP contribution in [0, 0.1) is 0 Å². The number of fused-ring (bicyclic) bond motifs is 1. The number of imidazole rings is 1. The van der Waals surface area contributed by atoms with Crippen molar-refractivity contribution in [2.75, 3.05) is 6.54 Å². The number of halogens is 1. The Kier molecular flexibility index (Phi) is 8.64. The summed E-state index contributed by atoms with van der Waals surface area (Å²) in [7, 11) is -3.78. The summed E-state index contributed by atoms with van der Waals surface area (Å²) in [4.78, 5) is 17.2. The number of carbonyl (C=O) groups excluding carboxylic acids is 1. The van der Waals surface area contributed by atoms with Gasteiger partial charge in [0.25, 0.3) is 0 Å². The van der Waals surface area contributed by atoms with E-state index < -0.39 is 10.0 Å². The maximum atomic E-state index is 13.1. The van der Waals surface area contributed by atoms with Crippen LogP contribution in [0.2, 0.25) is 5.02 Å². The second kappa shape index (κ2) is 11.8. The van der Waals surface area contributed by atoms with E-state index >= 15 is 0 Å². The highest BCUT2D eigenvalue weighted by atomic mass is 35.5. The summed E-state index contributed by atoms with van der Waals surface area (Å²) in [5.41, 5.74) is 2.94. The number of nitrogens with zero attached hydrogens (tertiary/aromatic N) is 2. The third kappa shape index (κ3) is 7.38. The van der Waals surface area contributed by atoms with Crippen molar-refractivity contribution >= 4 is 38.7 Å². The second-order valence-electron chi connectivity index (χ2n) is 10.5. The van der Waals surface area contributed by atoms with Gasteiger partial charge in [-0.3, -0.25) is 0 Å². The van der Waals surface area contributed by atoms with Gasteiger partial charge >= 0.3 is 6.03 Å². The Bertz CT molecular complexity index is 1550. The smallest absolute Gasteiger partial charge is 0.315 e. The van der Waals surface area contributed by atoms with Crippen molar-refractivity contribution in [3.63, 3.8) is 0 Å². The average molecular weight is 568 g/mol. The fourth-order valence-electron chi connectivity index (χ4n) is 4.32. The lowest BCUT2D eigenvalue weighted by molar-refractivity contribution is 0.232. The van der Waals surface area contributed by atoms with Crippen molar-refractivity contribution in [2.24, 2.45) is 0 Å². The van der Waals surface area contributed by atoms with Gasteiger partial charge in [0.05, 0.1) is 22.0 Å². The van der Waals surface area contributed by atoms with Crippen molar-refractivity contribution < 1.29 is 13.2 Å². The predicted molar refractivity (Wildman–Crippen MR) is 155 cm³/mol. The molecule has 1 atom stereocenters. The highest BCUT2D eigenvalue weighted by molar-refractivity contribution is 7.89. The van der Waals surface area contributed by atoms with E-state index in [2.05, 4.69) is 39.0 Å². The van der Waals surface area contributed by atoms with Gasteiger partial charge in [0.1, 0.15) is 5.82 Å². The van der Waals surface area contributed by atoms with Crippen LogP contribution >= 0.6 is 11.6 Å². The molecule has 0 spiro atoms. The Balaban J connectivity index is 1.61. The van der Waals surface area contributed by atoms with Crippen LogP contribution in [0.4, 0.5) is 4.79 Å². The molecule has 0 aliphatic rings. The standard InChI is InChI=1S/C29H34ClN5O3S/c1-20(22-8-6-5-7-9-22)35-26-15-14-24(39(37,38)32-19-21-10-12-23(30)13-11-21)18-25(26)33-27(35)16-17-31-28(36)34-29(2,3)4/h5-15,18,20,32H,16-17,19H2,1-4H3,(H2,31,34,36). The van der Waals surface area contributed by atoms with Crippen LogP contribution in [-0.2, 0) is 23.0 Å². The molecule has 1 heterocycles. The Labute approximate surface area is 234 Å². The Morgan fingerprint density at radius 3 is 2.38 bits per heavy atom. The van der Waals surface area contributed by atoms with E-state index in [9.17, 15) is 13.2 Å². The number of aromatic nitrogens is 2. The topological polar surface area (TPSA) is 105 Å². The Morgan fingerprint density at radius 2 is 1.72 bits per heavy atom. The number of carbonyl (C=O) groups is 1. The van der Waals surface area contributed by atoms with E-state index in [0.717, 1.165) is 22.5 Å². The first-order valence-electron chi connectivity index (χ1n) is 12.8. The van der Waals surface area contributed by atoms with Crippen molar-refractivity contribution in [1.82, 2.24) is 24.9 Å². The molecule has 1 aromatic heterocycles. The van der Waals surface area contributed by atoms with Gasteiger partial charge in [0, 0.05) is 30.1 Å². The molecular weight excluding hydrogens is 534 g/mol. The number of hydrogen-bond acceptors (Lipinski definition) is 4. The maximum Gasteiger partial charge on any atom is 0.315 e. The predicted octanol–water partition coefficient (Wildman–Crippen LogP) is 5.42. The third-order valence-corrected chi connectivity index (χ3v) is 7.87. The number of benzene rings is 3. The van der Waals surface area contributed by atoms with E-state index in [1.807, 2.05) is 39.0 Å². The molecule has 0 aliphatic heterocycles. The molecule has 1 unspecified atom stereocenters. The minimum absolute atomic E-state index is 0.0555. The summed E-state index contributed by atoms with van der Waals surface area (Å²) in [6.45, 7) is 8.36. The van der Waals surface area contributed by atoms with Crippen LogP contribution in [0.15, 0.2) is 77.7 Å². The first-order chi connectivity index (χ1) is 18.4. The number of hydrogen-bond donors (Lipinski definition) is 3. The molecule has 3 aromatic carbocycles. The van der Waals surface area contributed by atoms with Gasteiger partial charge in [-0.15, -0.1) is 0 Å². The minimum atomic E-state index is -3.78. The molecule has 4 aromatic rings. The molecule has 0 saturated heterocycles. The van der Waals surface area contributed by atoms with Crippen molar-refractivity contribution in [3.05, 3.63) is 94.8 Å². The molecule has 4 rings (SSSR count). The van der Waals surface area contributed by atoms with E-state index in [4.69, 9.17) is 16.6 Å². The average Bonchev–Trinajstić information content (AvgIpc) is 3.25. The number of urea groups is 1. The summed E-state index contributed by atoms with van der Waals surface area (Å²) in [6.07, 6.45) is 0.473. The van der Waals surface area contributed by atoms with Crippen LogP contribution in [0.3, 0.4) is 0 Å². The number of rotatable bonds is 9. The zero-order valence-electron chi connectivity index (χ0n) is 22.5. The normalized spacial score (nSPS) is 12.8. The molecule has 3 N–H and O–H groups in total. The van der Waals surface area contributed by atoms with Crippen molar-refractivity contribution in [1.29, 1.82) is 0 Å². The largest absolute Gasteiger partial charge is 0.338 e. The highest BCUT2D eigenvalue weighted by Gasteiger charge is 2.21. The molecule has 0 aliphatic carbocycles. The van der Waals surface area contributed by atoms with E-state index in [0.29, 0.717) is 23.5 Å². The molecule has 2 amide bonds. The molecule has 0 bridgehead atoms. The summed E-state index contributed by atoms with van der Waals surface area (Å²) in [5, 5.41) is 6.37. The number of nitrogens with one attached hydrogen (secondary N) is 3. The fourth-order valence-corrected chi connectivity index (χ4v) is 5.48. The zero-order valence-corrected chi connectivity index (χ0v) is 24.1. The third-order valence-electron chi connectivity index (χ3n) is 6.22. The molecule has 8 nitrogen and oxygen atoms in total. The number of amides is 2. The van der Waals surface area contributed by atoms with Gasteiger partial charge in [0.15, 0.2) is 0 Å². The SMILES string of the molecule is CC(c1ccccc1)n1c(CCNC(=O)NC(C)(C)C)nc2cc(S(=O)(=O)NCc3ccc(Cl)cc3)ccc21. The Morgan fingerprint density at radius 1 is 1.03 bits per heavy atom. The van der Waals surface area contributed by atoms with Gasteiger partial charge in [-0.2, -0.15) is 0 Å². The first kappa shape index (κ1) is 28.6. The first-order valence-corrected chi connectivity index (χ1v) is 14.6. The molecule has 0 fully saturated rings. The van der Waals surface area contributed by atoms with Crippen molar-refractivity contribution in [3.8, 4) is 0 Å². The van der Waals surface area contributed by atoms with Gasteiger partial charge in [-0.05, 0) is 69.2 Å². The van der Waals surface area contributed by atoms with Crippen LogP contribution in [0.5, 0.6) is 0 Å². The van der Waals surface area contributed by atoms with Gasteiger partial charge in [0.2, 0.25) is 10.0 Å². The van der Waals surface area contributed by atoms with Crippen LogP contribution < -0.4 is 15.4 Å². The zero-order chi connectivity index (χ0) is 28.2. The summed E-state index contributed by atoms with van der Waals surface area (Å²) in [5.74, 6) is 0.751. The molecule has 206 valence electrons. The minimum Gasteiger partial charge on any atom is -0.338 e. The quantitative estimate of drug-likeness (QED) is 0.251. The van der Waals surface area contributed by atoms with E-state index in [1.54, 1.807) is 42.5 Å². The molecule has 0 radical (unpaired) electrons. The van der Waals surface area contributed by atoms with Gasteiger partial charge < -0.3 is 15.2 Å². The van der Waals surface area contributed by atoms with Crippen LogP contribution in [-0.4, -0.2) is 36.1 Å². The lowest BCUT2D eigenvalue weighted by Crippen LogP contribution is -2.46. The van der Waals surface area contributed by atoms with Crippen LogP contribution in [0.1, 0.15) is 50.7 Å². The van der Waals surface area contributed by atoms with E-state index in [1.165, 1.54) is 0 Å². The summed E-state index contributed by atoms with van der Waals surface area (Å²) >= 11 is 5.93. The maximum absolute atomic E-state index is 13.1. The van der Waals surface area contributed by atoms with Gasteiger partial charge in [-0.1, -0.05) is 54.1 Å². The fraction of sp³-hybridized carbons (Fsp3) is 0.310. The Hall–Kier alpha value is -3.40. The molecular formula is C29H34ClN5O3S. The lowest BCUT2D eigenvalue weighted by atomic mass is 10.1. The van der Waals surface area contributed by atoms with Crippen molar-refractivity contribution in [2.45, 2.75) is 57.1 Å². The lowest BCUT2D eigenvalue weighted by Gasteiger charge is -2.21. The van der Waals surface area contributed by atoms with E-state index in [-0.39, 0.29) is 29.1 Å². The highest BCUT2D eigenvalue weighted by Crippen LogP contribution is 2.28. The summed E-state index contributed by atoms with van der Waals surface area (Å²) < 4.78 is 30.9. The molecule has 0 saturated carbocycles. The van der Waals surface area contributed by atoms with Crippen LogP contribution in [0.25, 0.3) is 11.0 Å². The molecule has 10 heteroatoms. The second-order valence-corrected chi connectivity index (χ2v) is 12.7. The van der Waals surface area contributed by atoms with Gasteiger partial charge in [-0.25, -0.2) is 22.9 Å². The molecule has 39 heavy (non-hydrogen) atoms. The summed E-state index contributed by atoms with van der Waals surface area (Å²) in [6, 6.07) is 21.7. The number of sulfonamides is 1.